The maximum absolute atomic E-state index is 13.0. The highest BCUT2D eigenvalue weighted by Gasteiger charge is 2.45. The fraction of sp³-hybridized carbons (Fsp3) is 0.174. The van der Waals surface area contributed by atoms with E-state index in [0.717, 1.165) is 4.47 Å². The number of nitrogens with zero attached hydrogens (tertiary/aromatic N) is 3. The molecule has 1 N–H and O–H groups in total. The molecule has 1 unspecified atom stereocenters. The van der Waals surface area contributed by atoms with Crippen LogP contribution in [-0.2, 0) is 16.1 Å². The zero-order valence-corrected chi connectivity index (χ0v) is 18.8. The Morgan fingerprint density at radius 1 is 1.06 bits per heavy atom. The second kappa shape index (κ2) is 9.08. The van der Waals surface area contributed by atoms with E-state index in [0.29, 0.717) is 35.7 Å². The van der Waals surface area contributed by atoms with Crippen LogP contribution in [0.25, 0.3) is 5.76 Å². The lowest BCUT2D eigenvalue weighted by atomic mass is 9.95. The maximum Gasteiger partial charge on any atom is 0.295 e. The minimum atomic E-state index is -0.692. The second-order valence-corrected chi connectivity index (χ2v) is 8.56. The van der Waals surface area contributed by atoms with Crippen LogP contribution < -0.4 is 0 Å². The number of Topliss-reactive ketones (excluding diaryl/α,β-unsaturated/α-hetero) is 1. The van der Waals surface area contributed by atoms with Crippen LogP contribution in [0.5, 0.6) is 0 Å². The van der Waals surface area contributed by atoms with Gasteiger partial charge in [0.15, 0.2) is 0 Å². The lowest BCUT2D eigenvalue weighted by Crippen LogP contribution is -2.31. The van der Waals surface area contributed by atoms with Crippen molar-refractivity contribution < 1.29 is 14.7 Å². The lowest BCUT2D eigenvalue weighted by Gasteiger charge is -2.25. The molecule has 158 valence electrons. The monoisotopic (exact) mass is 499 g/mol. The zero-order valence-electron chi connectivity index (χ0n) is 16.4. The van der Waals surface area contributed by atoms with Gasteiger partial charge in [0, 0.05) is 40.5 Å². The summed E-state index contributed by atoms with van der Waals surface area (Å²) >= 11 is 9.40. The Morgan fingerprint density at radius 3 is 2.42 bits per heavy atom. The number of carbonyl (C=O) groups excluding carboxylic acids is 2. The van der Waals surface area contributed by atoms with Crippen LogP contribution in [0, 0.1) is 0 Å². The van der Waals surface area contributed by atoms with Crippen LogP contribution in [0.1, 0.15) is 23.6 Å². The number of rotatable bonds is 6. The van der Waals surface area contributed by atoms with Crippen LogP contribution in [0.4, 0.5) is 0 Å². The summed E-state index contributed by atoms with van der Waals surface area (Å²) in [5, 5.41) is 11.6. The van der Waals surface area contributed by atoms with E-state index >= 15 is 0 Å². The van der Waals surface area contributed by atoms with Crippen LogP contribution in [0.3, 0.4) is 0 Å². The first kappa shape index (κ1) is 21.3. The van der Waals surface area contributed by atoms with Crippen molar-refractivity contribution in [3.8, 4) is 0 Å². The first-order valence-corrected chi connectivity index (χ1v) is 10.9. The Kier molecular flexibility index (Phi) is 6.25. The van der Waals surface area contributed by atoms with Crippen molar-refractivity contribution in [2.75, 3.05) is 6.54 Å². The maximum atomic E-state index is 13.0. The molecule has 1 amide bonds. The highest BCUT2D eigenvalue weighted by Crippen LogP contribution is 2.39. The Balaban J connectivity index is 1.72. The molecule has 1 atom stereocenters. The molecule has 0 aliphatic carbocycles. The van der Waals surface area contributed by atoms with Crippen molar-refractivity contribution in [1.29, 1.82) is 0 Å². The van der Waals surface area contributed by atoms with Crippen molar-refractivity contribution in [1.82, 2.24) is 14.5 Å². The number of benzene rings is 2. The van der Waals surface area contributed by atoms with Gasteiger partial charge >= 0.3 is 0 Å². The van der Waals surface area contributed by atoms with Gasteiger partial charge in [0.1, 0.15) is 5.76 Å². The number of carbonyl (C=O) groups is 2. The fourth-order valence-corrected chi connectivity index (χ4v) is 4.10. The summed E-state index contributed by atoms with van der Waals surface area (Å²) < 4.78 is 2.76. The number of ketones is 1. The van der Waals surface area contributed by atoms with Crippen molar-refractivity contribution in [2.24, 2.45) is 0 Å². The highest BCUT2D eigenvalue weighted by atomic mass is 79.9. The molecular formula is C23H19BrClN3O3. The summed E-state index contributed by atoms with van der Waals surface area (Å²) in [6.45, 7) is 1.01. The predicted octanol–water partition coefficient (Wildman–Crippen LogP) is 4.81. The van der Waals surface area contributed by atoms with Crippen molar-refractivity contribution in [3.05, 3.63) is 93.4 Å². The number of amides is 1. The molecule has 2 aromatic carbocycles. The second-order valence-electron chi connectivity index (χ2n) is 7.20. The number of hydrogen-bond donors (Lipinski definition) is 1. The van der Waals surface area contributed by atoms with E-state index < -0.39 is 17.7 Å². The number of aryl methyl sites for hydroxylation is 1. The Morgan fingerprint density at radius 2 is 1.77 bits per heavy atom. The Labute approximate surface area is 192 Å². The van der Waals surface area contributed by atoms with Crippen molar-refractivity contribution >= 4 is 45.0 Å². The van der Waals surface area contributed by atoms with Gasteiger partial charge in [-0.25, -0.2) is 4.98 Å². The third kappa shape index (κ3) is 4.43. The van der Waals surface area contributed by atoms with Gasteiger partial charge < -0.3 is 14.6 Å². The number of imidazole rings is 1. The zero-order chi connectivity index (χ0) is 22.0. The summed E-state index contributed by atoms with van der Waals surface area (Å²) in [5.74, 6) is -1.50. The van der Waals surface area contributed by atoms with E-state index in [1.165, 1.54) is 4.90 Å². The molecule has 8 heteroatoms. The molecule has 1 aliphatic rings. The molecule has 1 saturated heterocycles. The number of likely N-dealkylation sites (tertiary alicyclic amines) is 1. The molecule has 0 spiro atoms. The number of hydrogen-bond acceptors (Lipinski definition) is 4. The third-order valence-corrected chi connectivity index (χ3v) is 6.00. The lowest BCUT2D eigenvalue weighted by molar-refractivity contribution is -0.139. The standard InChI is InChI=1S/C23H19BrClN3O3/c24-17-6-2-16(3-7-17)21(29)19-20(15-4-8-18(25)9-5-15)28(23(31)22(19)30)12-1-11-27-13-10-26-14-27/h2-10,13-14,20,29H,1,11-12H2/b21-19-. The number of aromatic nitrogens is 2. The summed E-state index contributed by atoms with van der Waals surface area (Å²) in [4.78, 5) is 31.4. The molecule has 4 rings (SSSR count). The molecule has 1 aromatic heterocycles. The van der Waals surface area contributed by atoms with Crippen LogP contribution in [-0.4, -0.2) is 37.8 Å². The highest BCUT2D eigenvalue weighted by molar-refractivity contribution is 9.10. The smallest absolute Gasteiger partial charge is 0.295 e. The minimum absolute atomic E-state index is 0.0808. The molecule has 0 bridgehead atoms. The van der Waals surface area contributed by atoms with E-state index in [1.54, 1.807) is 61.1 Å². The molecule has 0 radical (unpaired) electrons. The normalized spacial score (nSPS) is 18.0. The van der Waals surface area contributed by atoms with Crippen molar-refractivity contribution in [2.45, 2.75) is 19.0 Å². The molecular weight excluding hydrogens is 482 g/mol. The van der Waals surface area contributed by atoms with E-state index in [9.17, 15) is 14.7 Å². The average molecular weight is 501 g/mol. The summed E-state index contributed by atoms with van der Waals surface area (Å²) in [6, 6.07) is 13.2. The van der Waals surface area contributed by atoms with Crippen molar-refractivity contribution in [3.63, 3.8) is 0 Å². The predicted molar refractivity (Wildman–Crippen MR) is 121 cm³/mol. The molecule has 1 aliphatic heterocycles. The first-order chi connectivity index (χ1) is 15.0. The Hall–Kier alpha value is -2.90. The summed E-state index contributed by atoms with van der Waals surface area (Å²) in [5.41, 5.74) is 1.26. The molecule has 6 nitrogen and oxygen atoms in total. The van der Waals surface area contributed by atoms with Gasteiger partial charge in [-0.3, -0.25) is 9.59 Å². The molecule has 0 saturated carbocycles. The average Bonchev–Trinajstić information content (AvgIpc) is 3.37. The van der Waals surface area contributed by atoms with E-state index in [2.05, 4.69) is 20.9 Å². The summed E-state index contributed by atoms with van der Waals surface area (Å²) in [7, 11) is 0. The minimum Gasteiger partial charge on any atom is -0.507 e. The molecule has 1 fully saturated rings. The van der Waals surface area contributed by atoms with E-state index in [4.69, 9.17) is 11.6 Å². The number of halogens is 2. The molecule has 2 heterocycles. The van der Waals surface area contributed by atoms with Gasteiger partial charge in [0.2, 0.25) is 0 Å². The van der Waals surface area contributed by atoms with Gasteiger partial charge in [-0.15, -0.1) is 0 Å². The van der Waals surface area contributed by atoms with Gasteiger partial charge in [0.25, 0.3) is 11.7 Å². The largest absolute Gasteiger partial charge is 0.507 e. The van der Waals surface area contributed by atoms with Gasteiger partial charge in [0.05, 0.1) is 17.9 Å². The van der Waals surface area contributed by atoms with Gasteiger partial charge in [-0.2, -0.15) is 0 Å². The number of aliphatic hydroxyl groups is 1. The van der Waals surface area contributed by atoms with Crippen LogP contribution in [0.15, 0.2) is 77.3 Å². The van der Waals surface area contributed by atoms with Gasteiger partial charge in [-0.1, -0.05) is 51.8 Å². The molecule has 31 heavy (non-hydrogen) atoms. The van der Waals surface area contributed by atoms with Gasteiger partial charge in [-0.05, 0) is 36.2 Å². The quantitative estimate of drug-likeness (QED) is 0.299. The van der Waals surface area contributed by atoms with Crippen LogP contribution in [0.2, 0.25) is 5.02 Å². The SMILES string of the molecule is O=C1C(=O)N(CCCn2ccnc2)C(c2ccc(Cl)cc2)/C1=C(/O)c1ccc(Br)cc1. The summed E-state index contributed by atoms with van der Waals surface area (Å²) in [6.07, 6.45) is 5.88. The molecule has 3 aromatic rings. The Bertz CT molecular complexity index is 1130. The van der Waals surface area contributed by atoms with E-state index in [1.807, 2.05) is 10.8 Å². The topological polar surface area (TPSA) is 75.4 Å². The number of aliphatic hydroxyl groups excluding tert-OH is 1. The first-order valence-electron chi connectivity index (χ1n) is 9.71. The third-order valence-electron chi connectivity index (χ3n) is 5.22. The fourth-order valence-electron chi connectivity index (χ4n) is 3.71. The van der Waals surface area contributed by atoms with E-state index in [-0.39, 0.29) is 11.3 Å². The van der Waals surface area contributed by atoms with Crippen LogP contribution >= 0.6 is 27.5 Å².